The zero-order chi connectivity index (χ0) is 29.8. The Bertz CT molecular complexity index is 1980. The molecule has 1 atom stereocenters. The molecule has 208 valence electrons. The summed E-state index contributed by atoms with van der Waals surface area (Å²) in [5.74, 6) is 6.40. The summed E-state index contributed by atoms with van der Waals surface area (Å²) in [4.78, 5) is 40.9. The number of allylic oxidation sites excluding steroid dienone is 1. The summed E-state index contributed by atoms with van der Waals surface area (Å²) in [6.45, 7) is 7.32. The highest BCUT2D eigenvalue weighted by molar-refractivity contribution is 6.03. The first kappa shape index (κ1) is 27.7. The molecule has 0 fully saturated rings. The predicted octanol–water partition coefficient (Wildman–Crippen LogP) is 4.18. The number of hydrogen-bond acceptors (Lipinski definition) is 7. The number of carbonyl (C=O) groups excluding carboxylic acids is 1. The van der Waals surface area contributed by atoms with Crippen molar-refractivity contribution in [2.75, 3.05) is 5.73 Å². The highest BCUT2D eigenvalue weighted by Crippen LogP contribution is 2.26. The molecule has 3 aromatic heterocycles. The van der Waals surface area contributed by atoms with Crippen LogP contribution in [0.1, 0.15) is 45.8 Å². The molecule has 0 saturated carbocycles. The van der Waals surface area contributed by atoms with E-state index >= 15 is 0 Å². The van der Waals surface area contributed by atoms with E-state index in [2.05, 4.69) is 38.8 Å². The number of amides is 1. The van der Waals surface area contributed by atoms with Gasteiger partial charge in [0.25, 0.3) is 11.5 Å². The normalized spacial score (nSPS) is 11.7. The minimum Gasteiger partial charge on any atom is -0.381 e. The number of hydrogen-bond donors (Lipinski definition) is 2. The Morgan fingerprint density at radius 2 is 1.88 bits per heavy atom. The number of anilines is 1. The monoisotopic (exact) mass is 556 g/mol. The van der Waals surface area contributed by atoms with Crippen molar-refractivity contribution in [3.8, 4) is 17.5 Å². The topological polar surface area (TPSA) is 133 Å². The quantitative estimate of drug-likeness (QED) is 0.238. The van der Waals surface area contributed by atoms with Crippen LogP contribution in [0.3, 0.4) is 0 Å². The number of aromatic nitrogens is 5. The average molecular weight is 557 g/mol. The number of nitrogen functional groups attached to an aromatic ring is 1. The first-order valence-corrected chi connectivity index (χ1v) is 13.1. The summed E-state index contributed by atoms with van der Waals surface area (Å²) in [6.07, 6.45) is 6.34. The minimum atomic E-state index is -0.710. The van der Waals surface area contributed by atoms with Crippen LogP contribution in [0.25, 0.3) is 16.6 Å². The third kappa shape index (κ3) is 5.31. The van der Waals surface area contributed by atoms with Gasteiger partial charge >= 0.3 is 0 Å². The first-order chi connectivity index (χ1) is 20.3. The first-order valence-electron chi connectivity index (χ1n) is 13.1. The van der Waals surface area contributed by atoms with E-state index in [4.69, 9.17) is 10.7 Å². The number of nitrogens with two attached hydrogens (primary N) is 1. The van der Waals surface area contributed by atoms with Crippen LogP contribution in [0.4, 0.5) is 11.6 Å². The number of benzene rings is 2. The lowest BCUT2D eigenvalue weighted by Crippen LogP contribution is -2.33. The van der Waals surface area contributed by atoms with Crippen LogP contribution < -0.4 is 16.6 Å². The molecule has 1 amide bonds. The van der Waals surface area contributed by atoms with Gasteiger partial charge in [0.15, 0.2) is 11.6 Å². The molecule has 0 bridgehead atoms. The van der Waals surface area contributed by atoms with Crippen LogP contribution in [0.15, 0.2) is 89.4 Å². The Morgan fingerprint density at radius 3 is 2.62 bits per heavy atom. The second-order valence-electron chi connectivity index (χ2n) is 9.50. The highest BCUT2D eigenvalue weighted by atomic mass is 16.2. The number of aliphatic imine (C=N–C) groups is 1. The van der Waals surface area contributed by atoms with Crippen molar-refractivity contribution in [2.45, 2.75) is 19.9 Å². The average Bonchev–Trinajstić information content (AvgIpc) is 3.27. The van der Waals surface area contributed by atoms with Gasteiger partial charge in [0.1, 0.15) is 11.4 Å². The molecule has 42 heavy (non-hydrogen) atoms. The summed E-state index contributed by atoms with van der Waals surface area (Å²) in [6, 6.07) is 15.7. The lowest BCUT2D eigenvalue weighted by molar-refractivity contribution is 0.0939. The second-order valence-corrected chi connectivity index (χ2v) is 9.50. The van der Waals surface area contributed by atoms with Gasteiger partial charge in [0.05, 0.1) is 22.6 Å². The van der Waals surface area contributed by atoms with E-state index in [0.29, 0.717) is 28.0 Å². The van der Waals surface area contributed by atoms with Crippen molar-refractivity contribution >= 4 is 34.7 Å². The van der Waals surface area contributed by atoms with Crippen molar-refractivity contribution < 1.29 is 4.79 Å². The predicted molar refractivity (Wildman–Crippen MR) is 164 cm³/mol. The molecule has 5 aromatic rings. The highest BCUT2D eigenvalue weighted by Gasteiger charge is 2.25. The summed E-state index contributed by atoms with van der Waals surface area (Å²) >= 11 is 0. The Morgan fingerprint density at radius 1 is 1.12 bits per heavy atom. The van der Waals surface area contributed by atoms with Gasteiger partial charge in [-0.2, -0.15) is 5.10 Å². The zero-order valence-corrected chi connectivity index (χ0v) is 23.4. The van der Waals surface area contributed by atoms with Gasteiger partial charge in [-0.25, -0.2) is 14.7 Å². The van der Waals surface area contributed by atoms with E-state index in [-0.39, 0.29) is 22.8 Å². The second kappa shape index (κ2) is 11.7. The van der Waals surface area contributed by atoms with E-state index in [0.717, 1.165) is 11.1 Å². The molecule has 0 aliphatic rings. The molecule has 3 heterocycles. The molecule has 0 saturated heterocycles. The number of fused-ring (bicyclic) bond motifs is 1. The van der Waals surface area contributed by atoms with Crippen LogP contribution in [0, 0.1) is 18.8 Å². The van der Waals surface area contributed by atoms with E-state index in [1.54, 1.807) is 56.7 Å². The molecule has 0 aliphatic heterocycles. The third-order valence-corrected chi connectivity index (χ3v) is 6.62. The van der Waals surface area contributed by atoms with Crippen LogP contribution in [0.2, 0.25) is 0 Å². The van der Waals surface area contributed by atoms with Gasteiger partial charge in [0, 0.05) is 36.8 Å². The molecule has 10 nitrogen and oxygen atoms in total. The lowest BCUT2D eigenvalue weighted by Gasteiger charge is -2.20. The summed E-state index contributed by atoms with van der Waals surface area (Å²) in [5, 5.41) is 7.43. The molecule has 3 N–H and O–H groups in total. The van der Waals surface area contributed by atoms with Crippen LogP contribution >= 0.6 is 0 Å². The molecule has 1 unspecified atom stereocenters. The molecule has 0 aliphatic carbocycles. The third-order valence-electron chi connectivity index (χ3n) is 6.62. The minimum absolute atomic E-state index is 0.0254. The fourth-order valence-corrected chi connectivity index (χ4v) is 4.56. The van der Waals surface area contributed by atoms with Gasteiger partial charge in [-0.15, -0.1) is 0 Å². The molecular formula is C32H28N8O2. The molecule has 0 radical (unpaired) electrons. The van der Waals surface area contributed by atoms with Gasteiger partial charge in [-0.3, -0.25) is 19.1 Å². The number of carbonyl (C=O) groups is 1. The largest absolute Gasteiger partial charge is 0.381 e. The van der Waals surface area contributed by atoms with Crippen molar-refractivity contribution in [1.29, 1.82) is 0 Å². The maximum Gasteiger partial charge on any atom is 0.267 e. The maximum absolute atomic E-state index is 14.2. The fourth-order valence-electron chi connectivity index (χ4n) is 4.56. The summed E-state index contributed by atoms with van der Waals surface area (Å²) in [5.41, 5.74) is 9.20. The maximum atomic E-state index is 14.2. The SMILES string of the molecule is C=C/C=N\c1c(C(=O)NC(C)c2nc3cccc(C#Cc4cnccc4C)c3c(=O)n2-c2ccccc2)c(N)nn1C. The zero-order valence-electron chi connectivity index (χ0n) is 23.4. The van der Waals surface area contributed by atoms with Crippen LogP contribution in [0.5, 0.6) is 0 Å². The summed E-state index contributed by atoms with van der Waals surface area (Å²) < 4.78 is 2.91. The fraction of sp³-hybridized carbons (Fsp3) is 0.125. The number of pyridine rings is 1. The van der Waals surface area contributed by atoms with Gasteiger partial charge in [-0.05, 0) is 49.7 Å². The number of rotatable bonds is 6. The molecule has 10 heteroatoms. The Hall–Kier alpha value is -5.82. The lowest BCUT2D eigenvalue weighted by atomic mass is 10.1. The van der Waals surface area contributed by atoms with Crippen molar-refractivity contribution in [3.05, 3.63) is 118 Å². The van der Waals surface area contributed by atoms with E-state index in [9.17, 15) is 9.59 Å². The standard InChI is InChI=1S/C32H28N8O2/c1-5-17-35-30-27(28(33)38-39(30)4)31(41)36-21(3)29-37-25-13-9-10-22(14-15-23-19-34-18-16-20(23)2)26(25)32(42)40(29)24-11-7-6-8-12-24/h5-13,16-19,21H,1H2,2-4H3,(H2,33,38)(H,36,41)/b35-17-. The Labute approximate surface area is 242 Å². The molecule has 0 spiro atoms. The number of aryl methyl sites for hydroxylation is 2. The van der Waals surface area contributed by atoms with Crippen LogP contribution in [-0.4, -0.2) is 36.4 Å². The number of nitrogens with zero attached hydrogens (tertiary/aromatic N) is 6. The number of para-hydroxylation sites is 1. The molecular weight excluding hydrogens is 528 g/mol. The van der Waals surface area contributed by atoms with Gasteiger partial charge in [0.2, 0.25) is 0 Å². The van der Waals surface area contributed by atoms with E-state index < -0.39 is 11.9 Å². The van der Waals surface area contributed by atoms with Crippen molar-refractivity contribution in [2.24, 2.45) is 12.0 Å². The van der Waals surface area contributed by atoms with E-state index in [1.807, 2.05) is 31.2 Å². The Kier molecular flexibility index (Phi) is 7.75. The van der Waals surface area contributed by atoms with Crippen molar-refractivity contribution in [1.82, 2.24) is 29.6 Å². The van der Waals surface area contributed by atoms with E-state index in [1.165, 1.54) is 21.5 Å². The summed E-state index contributed by atoms with van der Waals surface area (Å²) in [7, 11) is 1.64. The molecule has 2 aromatic carbocycles. The van der Waals surface area contributed by atoms with Gasteiger partial charge < -0.3 is 11.1 Å². The van der Waals surface area contributed by atoms with Crippen LogP contribution in [-0.2, 0) is 7.05 Å². The number of nitrogens with one attached hydrogen (secondary N) is 1. The smallest absolute Gasteiger partial charge is 0.267 e. The Balaban J connectivity index is 1.64. The van der Waals surface area contributed by atoms with Crippen molar-refractivity contribution in [3.63, 3.8) is 0 Å². The molecule has 5 rings (SSSR count). The van der Waals surface area contributed by atoms with Gasteiger partial charge in [-0.1, -0.05) is 48.8 Å².